The Morgan fingerprint density at radius 3 is 1.16 bits per heavy atom. The van der Waals surface area contributed by atoms with Crippen molar-refractivity contribution in [1.82, 2.24) is 15.2 Å². The number of carbonyl (C=O) groups excluding carboxylic acids is 6. The normalized spacial score (nSPS) is 13.8. The van der Waals surface area contributed by atoms with Crippen molar-refractivity contribution >= 4 is 35.4 Å². The zero-order chi connectivity index (χ0) is 35.9. The predicted octanol–water partition coefficient (Wildman–Crippen LogP) is 1.12. The van der Waals surface area contributed by atoms with Crippen molar-refractivity contribution in [1.29, 1.82) is 0 Å². The van der Waals surface area contributed by atoms with E-state index in [4.69, 9.17) is 29.8 Å². The lowest BCUT2D eigenvalue weighted by Crippen LogP contribution is -2.31. The van der Waals surface area contributed by atoms with Gasteiger partial charge in [-0.25, -0.2) is 5.90 Å². The van der Waals surface area contributed by atoms with Crippen LogP contribution in [0.25, 0.3) is 0 Å². The molecule has 0 aliphatic carbocycles. The predicted molar refractivity (Wildman–Crippen MR) is 165 cm³/mol. The van der Waals surface area contributed by atoms with Gasteiger partial charge in [0.1, 0.15) is 13.2 Å². The lowest BCUT2D eigenvalue weighted by atomic mass is 10.1. The van der Waals surface area contributed by atoms with Crippen LogP contribution < -0.4 is 5.90 Å². The first-order valence-electron chi connectivity index (χ1n) is 14.3. The van der Waals surface area contributed by atoms with Crippen molar-refractivity contribution in [2.45, 2.75) is 0 Å². The Balaban J connectivity index is 0.000000188. The molecule has 0 radical (unpaired) electrons. The van der Waals surface area contributed by atoms with E-state index in [-0.39, 0.29) is 55.8 Å². The first-order chi connectivity index (χ1) is 23.6. The molecule has 17 heteroatoms. The summed E-state index contributed by atoms with van der Waals surface area (Å²) in [5.74, 6) is 1.32. The molecule has 6 amide bonds. The van der Waals surface area contributed by atoms with E-state index in [1.54, 1.807) is 60.7 Å². The van der Waals surface area contributed by atoms with Crippen LogP contribution in [0.3, 0.4) is 0 Å². The fourth-order valence-electron chi connectivity index (χ4n) is 4.19. The molecule has 3 aliphatic heterocycles. The summed E-state index contributed by atoms with van der Waals surface area (Å²) in [6.07, 6.45) is 1.27. The van der Waals surface area contributed by atoms with E-state index >= 15 is 0 Å². The average Bonchev–Trinajstić information content (AvgIpc) is 3.62. The van der Waals surface area contributed by atoms with Crippen LogP contribution in [-0.4, -0.2) is 106 Å². The number of ether oxygens (including phenoxy) is 1. The highest BCUT2D eigenvalue weighted by atomic mass is 16.7. The molecule has 0 unspecified atom stereocenters. The van der Waals surface area contributed by atoms with Gasteiger partial charge in [-0.05, 0) is 36.4 Å². The van der Waals surface area contributed by atoms with Crippen LogP contribution in [0.5, 0.6) is 0 Å². The minimum absolute atomic E-state index is 0.00347. The number of aliphatic hydroxyl groups excluding tert-OH is 2. The number of rotatable bonds is 10. The number of hydroxylamine groups is 6. The number of carbonyl (C=O) groups is 6. The molecule has 49 heavy (non-hydrogen) atoms. The summed E-state index contributed by atoms with van der Waals surface area (Å²) in [7, 11) is 0. The van der Waals surface area contributed by atoms with Crippen LogP contribution in [0.1, 0.15) is 62.1 Å². The number of imide groups is 3. The third kappa shape index (κ3) is 9.03. The van der Waals surface area contributed by atoms with E-state index in [0.717, 1.165) is 5.06 Å². The summed E-state index contributed by atoms with van der Waals surface area (Å²) in [6, 6.07) is 19.4. The highest BCUT2D eigenvalue weighted by molar-refractivity contribution is 6.21. The SMILES string of the molecule is C=COCCON1C(=O)c2ccccc2C1=O.NOCCO.O=C1c2ccccc2C(=O)N1O.O=C1c2ccccc2C(=O)N1OCCO. The van der Waals surface area contributed by atoms with Gasteiger partial charge >= 0.3 is 0 Å². The van der Waals surface area contributed by atoms with Crippen molar-refractivity contribution in [3.05, 3.63) is 119 Å². The zero-order valence-electron chi connectivity index (χ0n) is 25.8. The maximum absolute atomic E-state index is 11.8. The lowest BCUT2D eigenvalue weighted by Gasteiger charge is -2.12. The molecule has 0 saturated carbocycles. The molecule has 0 saturated heterocycles. The maximum atomic E-state index is 11.8. The Labute approximate surface area is 278 Å². The van der Waals surface area contributed by atoms with Gasteiger partial charge in [0.15, 0.2) is 0 Å². The van der Waals surface area contributed by atoms with Crippen LogP contribution in [-0.2, 0) is 19.2 Å². The second kappa shape index (κ2) is 18.6. The molecule has 0 spiro atoms. The van der Waals surface area contributed by atoms with Crippen LogP contribution in [0.4, 0.5) is 0 Å². The van der Waals surface area contributed by atoms with E-state index in [9.17, 15) is 28.8 Å². The van der Waals surface area contributed by atoms with Crippen molar-refractivity contribution in [2.75, 3.05) is 39.6 Å². The highest BCUT2D eigenvalue weighted by Gasteiger charge is 2.37. The number of benzene rings is 3. The molecule has 6 rings (SSSR count). The molecule has 3 aliphatic rings. The molecule has 17 nitrogen and oxygen atoms in total. The van der Waals surface area contributed by atoms with Crippen molar-refractivity contribution in [3.63, 3.8) is 0 Å². The summed E-state index contributed by atoms with van der Waals surface area (Å²) in [6.45, 7) is 3.61. The monoisotopic (exact) mass is 680 g/mol. The molecule has 3 heterocycles. The van der Waals surface area contributed by atoms with Gasteiger partial charge in [0.05, 0.1) is 66.1 Å². The van der Waals surface area contributed by atoms with Gasteiger partial charge in [-0.3, -0.25) is 43.6 Å². The number of nitrogens with zero attached hydrogens (tertiary/aromatic N) is 3. The largest absolute Gasteiger partial charge is 0.499 e. The van der Waals surface area contributed by atoms with E-state index in [2.05, 4.69) is 17.3 Å². The Hall–Kier alpha value is -5.66. The summed E-state index contributed by atoms with van der Waals surface area (Å²) in [4.78, 5) is 82.8. The van der Waals surface area contributed by atoms with Gasteiger partial charge in [-0.2, -0.15) is 0 Å². The van der Waals surface area contributed by atoms with Gasteiger partial charge in [-0.15, -0.1) is 15.2 Å². The minimum Gasteiger partial charge on any atom is -0.499 e. The van der Waals surface area contributed by atoms with Gasteiger partial charge in [0, 0.05) is 0 Å². The number of hydrogen-bond donors (Lipinski definition) is 4. The van der Waals surface area contributed by atoms with E-state index in [1.807, 2.05) is 0 Å². The molecule has 0 fully saturated rings. The highest BCUT2D eigenvalue weighted by Crippen LogP contribution is 2.23. The molecule has 0 bridgehead atoms. The summed E-state index contributed by atoms with van der Waals surface area (Å²) in [5, 5.41) is 26.9. The molecule has 5 N–H and O–H groups in total. The Morgan fingerprint density at radius 2 is 0.878 bits per heavy atom. The summed E-state index contributed by atoms with van der Waals surface area (Å²) >= 11 is 0. The topological polar surface area (TPSA) is 236 Å². The van der Waals surface area contributed by atoms with Crippen LogP contribution >= 0.6 is 0 Å². The molecule has 3 aromatic rings. The second-order valence-corrected chi connectivity index (χ2v) is 9.39. The standard InChI is InChI=1S/C12H11NO4.C10H9NO4.C8H5NO3.C2H7NO2/c1-2-16-7-8-17-13-11(14)9-5-3-4-6-10(9)12(13)15;12-5-6-15-11-9(13)7-3-1-2-4-8(7)10(11)14;10-7-5-3-1-2-4-6(5)8(11)9(7)12;3-5-2-1-4/h2-6H,1,7-8H2;1-4,12H,5-6H2;1-4,12H;4H,1-3H2. The summed E-state index contributed by atoms with van der Waals surface area (Å²) in [5.41, 5.74) is 1.90. The Kier molecular flexibility index (Phi) is 14.4. The molecule has 0 atom stereocenters. The van der Waals surface area contributed by atoms with Crippen LogP contribution in [0.2, 0.25) is 0 Å². The van der Waals surface area contributed by atoms with Crippen molar-refractivity contribution < 1.29 is 63.4 Å². The van der Waals surface area contributed by atoms with Gasteiger partial charge in [0.25, 0.3) is 35.4 Å². The number of amides is 6. The third-order valence-electron chi connectivity index (χ3n) is 6.35. The van der Waals surface area contributed by atoms with E-state index in [0.29, 0.717) is 27.3 Å². The maximum Gasteiger partial charge on any atom is 0.285 e. The summed E-state index contributed by atoms with van der Waals surface area (Å²) < 4.78 is 4.83. The number of aliphatic hydroxyl groups is 2. The fourth-order valence-corrected chi connectivity index (χ4v) is 4.19. The van der Waals surface area contributed by atoms with Gasteiger partial charge in [-0.1, -0.05) is 43.0 Å². The van der Waals surface area contributed by atoms with Gasteiger partial charge < -0.3 is 19.8 Å². The quantitative estimate of drug-likeness (QED) is 0.0772. The van der Waals surface area contributed by atoms with Crippen LogP contribution in [0.15, 0.2) is 85.6 Å². The molecule has 258 valence electrons. The smallest absolute Gasteiger partial charge is 0.285 e. The van der Waals surface area contributed by atoms with Gasteiger partial charge in [0.2, 0.25) is 0 Å². The minimum atomic E-state index is -0.657. The molecular formula is C32H32N4O13. The lowest BCUT2D eigenvalue weighted by molar-refractivity contribution is -0.100. The van der Waals surface area contributed by atoms with E-state index < -0.39 is 35.4 Å². The average molecular weight is 681 g/mol. The van der Waals surface area contributed by atoms with Crippen molar-refractivity contribution in [2.24, 2.45) is 5.90 Å². The Morgan fingerprint density at radius 1 is 0.551 bits per heavy atom. The van der Waals surface area contributed by atoms with E-state index in [1.165, 1.54) is 18.4 Å². The number of nitrogens with two attached hydrogens (primary N) is 1. The number of fused-ring (bicyclic) bond motifs is 3. The zero-order valence-corrected chi connectivity index (χ0v) is 25.8. The molecular weight excluding hydrogens is 648 g/mol. The Bertz CT molecular complexity index is 1590. The third-order valence-corrected chi connectivity index (χ3v) is 6.35. The van der Waals surface area contributed by atoms with Crippen LogP contribution in [0, 0.1) is 0 Å². The first kappa shape index (κ1) is 37.8. The first-order valence-corrected chi connectivity index (χ1v) is 14.3. The van der Waals surface area contributed by atoms with Crippen molar-refractivity contribution in [3.8, 4) is 0 Å². The molecule has 3 aromatic carbocycles. The second-order valence-electron chi connectivity index (χ2n) is 9.39. The fraction of sp³-hybridized carbons (Fsp3) is 0.188. The molecule has 0 aromatic heterocycles. The number of hydrogen-bond acceptors (Lipinski definition) is 14.